The molecule has 0 aromatic heterocycles. The van der Waals surface area contributed by atoms with Crippen molar-refractivity contribution in [1.29, 1.82) is 0 Å². The molecule has 0 saturated carbocycles. The van der Waals surface area contributed by atoms with E-state index in [2.05, 4.69) is 111 Å². The molecule has 0 saturated heterocycles. The number of ether oxygens (including phenoxy) is 2. The highest BCUT2D eigenvalue weighted by atomic mass is 28.4. The summed E-state index contributed by atoms with van der Waals surface area (Å²) in [4.78, 5) is 0. The molecule has 0 aliphatic carbocycles. The van der Waals surface area contributed by atoms with Crippen LogP contribution in [-0.2, 0) is 4.12 Å². The second-order valence-corrected chi connectivity index (χ2v) is 18.4. The van der Waals surface area contributed by atoms with E-state index in [1.807, 2.05) is 48.6 Å². The standard InChI is InChI=1S/C34H38O3Si2/c1-38(2,33-23-19-31(20-24-33)35-27-11-17-29-13-7-5-8-14-29)37-39(3,4)34-25-21-32(22-26-34)36-28-12-18-30-15-9-6-10-16-30/h5-26H,27-28H2,1-4H3. The summed E-state index contributed by atoms with van der Waals surface area (Å²) in [6, 6.07) is 37.3. The Bertz CT molecular complexity index is 1240. The lowest BCUT2D eigenvalue weighted by molar-refractivity contribution is 0.363. The Hall–Kier alpha value is -3.65. The first kappa shape index (κ1) is 28.4. The van der Waals surface area contributed by atoms with E-state index < -0.39 is 16.6 Å². The van der Waals surface area contributed by atoms with Gasteiger partial charge in [0.05, 0.1) is 0 Å². The number of hydrogen-bond acceptors (Lipinski definition) is 3. The fourth-order valence-electron chi connectivity index (χ4n) is 4.45. The largest absolute Gasteiger partial charge is 0.490 e. The molecule has 200 valence electrons. The lowest BCUT2D eigenvalue weighted by Gasteiger charge is -2.34. The van der Waals surface area contributed by atoms with Crippen LogP contribution in [-0.4, -0.2) is 29.8 Å². The first-order valence-electron chi connectivity index (χ1n) is 13.4. The smallest absolute Gasteiger partial charge is 0.206 e. The second kappa shape index (κ2) is 13.4. The number of benzene rings is 4. The Morgan fingerprint density at radius 2 is 0.846 bits per heavy atom. The molecular formula is C34H38O3Si2. The van der Waals surface area contributed by atoms with E-state index in [9.17, 15) is 0 Å². The summed E-state index contributed by atoms with van der Waals surface area (Å²) in [6.07, 6.45) is 8.23. The van der Waals surface area contributed by atoms with Gasteiger partial charge in [-0.2, -0.15) is 0 Å². The Morgan fingerprint density at radius 1 is 0.487 bits per heavy atom. The molecule has 4 aromatic rings. The molecule has 0 atom stereocenters. The van der Waals surface area contributed by atoms with E-state index in [0.717, 1.165) is 11.5 Å². The predicted molar refractivity (Wildman–Crippen MR) is 170 cm³/mol. The van der Waals surface area contributed by atoms with Crippen molar-refractivity contribution in [3.8, 4) is 11.5 Å². The Morgan fingerprint density at radius 3 is 1.21 bits per heavy atom. The van der Waals surface area contributed by atoms with Crippen LogP contribution >= 0.6 is 0 Å². The second-order valence-electron chi connectivity index (χ2n) is 10.4. The van der Waals surface area contributed by atoms with Gasteiger partial charge in [0.1, 0.15) is 24.7 Å². The van der Waals surface area contributed by atoms with Crippen molar-refractivity contribution in [2.75, 3.05) is 13.2 Å². The summed E-state index contributed by atoms with van der Waals surface area (Å²) >= 11 is 0. The van der Waals surface area contributed by atoms with Crippen LogP contribution in [0.5, 0.6) is 11.5 Å². The van der Waals surface area contributed by atoms with Gasteiger partial charge in [-0.25, -0.2) is 0 Å². The molecule has 0 spiro atoms. The lowest BCUT2D eigenvalue weighted by atomic mass is 10.2. The molecule has 0 heterocycles. The van der Waals surface area contributed by atoms with E-state index in [4.69, 9.17) is 13.6 Å². The maximum absolute atomic E-state index is 6.95. The summed E-state index contributed by atoms with van der Waals surface area (Å²) < 4.78 is 18.8. The zero-order valence-corrected chi connectivity index (χ0v) is 25.3. The average molecular weight is 551 g/mol. The molecule has 0 aliphatic rings. The Balaban J connectivity index is 1.29. The van der Waals surface area contributed by atoms with Crippen molar-refractivity contribution in [2.45, 2.75) is 26.2 Å². The molecule has 0 unspecified atom stereocenters. The van der Waals surface area contributed by atoms with E-state index in [0.29, 0.717) is 13.2 Å². The number of rotatable bonds is 12. The Kier molecular flexibility index (Phi) is 9.76. The van der Waals surface area contributed by atoms with Gasteiger partial charge in [0.2, 0.25) is 16.6 Å². The van der Waals surface area contributed by atoms with Crippen molar-refractivity contribution in [3.63, 3.8) is 0 Å². The molecule has 0 fully saturated rings. The molecule has 0 amide bonds. The van der Waals surface area contributed by atoms with E-state index in [1.165, 1.54) is 21.5 Å². The first-order chi connectivity index (χ1) is 18.8. The quantitative estimate of drug-likeness (QED) is 0.172. The molecule has 4 rings (SSSR count). The minimum atomic E-state index is -2.12. The van der Waals surface area contributed by atoms with Gasteiger partial charge < -0.3 is 13.6 Å². The van der Waals surface area contributed by atoms with Crippen LogP contribution in [0.1, 0.15) is 11.1 Å². The first-order valence-corrected chi connectivity index (χ1v) is 19.2. The highest BCUT2D eigenvalue weighted by Gasteiger charge is 2.36. The maximum Gasteiger partial charge on any atom is 0.206 e. The Labute approximate surface area is 235 Å². The minimum Gasteiger partial charge on any atom is -0.490 e. The number of hydrogen-bond donors (Lipinski definition) is 0. The summed E-state index contributed by atoms with van der Waals surface area (Å²) in [6.45, 7) is 10.2. The van der Waals surface area contributed by atoms with Crippen molar-refractivity contribution >= 4 is 39.2 Å². The zero-order valence-electron chi connectivity index (χ0n) is 23.3. The molecule has 0 bridgehead atoms. The minimum absolute atomic E-state index is 0.536. The fraction of sp³-hybridized carbons (Fsp3) is 0.176. The van der Waals surface area contributed by atoms with Crippen LogP contribution in [0.15, 0.2) is 121 Å². The topological polar surface area (TPSA) is 27.7 Å². The third-order valence-electron chi connectivity index (χ3n) is 6.52. The molecular weight excluding hydrogens is 513 g/mol. The average Bonchev–Trinajstić information content (AvgIpc) is 2.95. The normalized spacial score (nSPS) is 12.2. The van der Waals surface area contributed by atoms with Crippen LogP contribution in [0.2, 0.25) is 26.2 Å². The molecule has 5 heteroatoms. The van der Waals surface area contributed by atoms with Crippen LogP contribution < -0.4 is 19.8 Å². The van der Waals surface area contributed by atoms with Crippen LogP contribution in [0.25, 0.3) is 12.2 Å². The van der Waals surface area contributed by atoms with Gasteiger partial charge in [0.15, 0.2) is 0 Å². The summed E-state index contributed by atoms with van der Waals surface area (Å²) in [5, 5.41) is 2.53. The summed E-state index contributed by atoms with van der Waals surface area (Å²) in [7, 11) is -4.25. The summed E-state index contributed by atoms with van der Waals surface area (Å²) in [5.41, 5.74) is 2.34. The molecule has 39 heavy (non-hydrogen) atoms. The summed E-state index contributed by atoms with van der Waals surface area (Å²) in [5.74, 6) is 1.74. The fourth-order valence-corrected chi connectivity index (χ4v) is 12.4. The highest BCUT2D eigenvalue weighted by Crippen LogP contribution is 2.19. The van der Waals surface area contributed by atoms with Gasteiger partial charge in [-0.3, -0.25) is 0 Å². The highest BCUT2D eigenvalue weighted by molar-refractivity contribution is 6.96. The third kappa shape index (κ3) is 8.68. The van der Waals surface area contributed by atoms with Gasteiger partial charge in [-0.1, -0.05) is 97.1 Å². The van der Waals surface area contributed by atoms with Gasteiger partial charge >= 0.3 is 0 Å². The third-order valence-corrected chi connectivity index (χ3v) is 14.1. The molecule has 0 radical (unpaired) electrons. The van der Waals surface area contributed by atoms with Crippen molar-refractivity contribution in [3.05, 3.63) is 132 Å². The van der Waals surface area contributed by atoms with Crippen LogP contribution in [0.4, 0.5) is 0 Å². The van der Waals surface area contributed by atoms with Crippen LogP contribution in [0, 0.1) is 0 Å². The molecule has 0 aliphatic heterocycles. The van der Waals surface area contributed by atoms with Crippen molar-refractivity contribution < 1.29 is 13.6 Å². The lowest BCUT2D eigenvalue weighted by Crippen LogP contribution is -2.57. The van der Waals surface area contributed by atoms with E-state index in [-0.39, 0.29) is 0 Å². The van der Waals surface area contributed by atoms with E-state index in [1.54, 1.807) is 0 Å². The van der Waals surface area contributed by atoms with Gasteiger partial charge in [0.25, 0.3) is 0 Å². The zero-order chi connectivity index (χ0) is 27.6. The van der Waals surface area contributed by atoms with Crippen molar-refractivity contribution in [2.24, 2.45) is 0 Å². The maximum atomic E-state index is 6.95. The molecule has 4 aromatic carbocycles. The van der Waals surface area contributed by atoms with Crippen molar-refractivity contribution in [1.82, 2.24) is 0 Å². The van der Waals surface area contributed by atoms with Crippen LogP contribution in [0.3, 0.4) is 0 Å². The molecule has 0 N–H and O–H groups in total. The van der Waals surface area contributed by atoms with E-state index >= 15 is 0 Å². The van der Waals surface area contributed by atoms with Gasteiger partial charge in [-0.15, -0.1) is 0 Å². The predicted octanol–water partition coefficient (Wildman–Crippen LogP) is 7.41. The molecule has 3 nitrogen and oxygen atoms in total. The SMILES string of the molecule is C[Si](C)(O[Si](C)(C)c1ccc(OCC=Cc2ccccc2)cc1)c1ccc(OCC=Cc2ccccc2)cc1. The van der Waals surface area contributed by atoms with Gasteiger partial charge in [0, 0.05) is 0 Å². The monoisotopic (exact) mass is 550 g/mol. The van der Waals surface area contributed by atoms with Gasteiger partial charge in [-0.05, 0) is 84.1 Å².